The van der Waals surface area contributed by atoms with Crippen LogP contribution >= 0.6 is 27.3 Å². The third-order valence-electron chi connectivity index (χ3n) is 6.26. The van der Waals surface area contributed by atoms with Crippen molar-refractivity contribution in [2.24, 2.45) is 4.99 Å². The molecule has 0 amide bonds. The second kappa shape index (κ2) is 11.4. The summed E-state index contributed by atoms with van der Waals surface area (Å²) in [5.41, 5.74) is 2.77. The summed E-state index contributed by atoms with van der Waals surface area (Å²) in [5.74, 6) is 0.476. The molecule has 0 spiro atoms. The minimum atomic E-state index is -0.803. The molecule has 1 aliphatic heterocycles. The van der Waals surface area contributed by atoms with Gasteiger partial charge in [-0.3, -0.25) is 9.36 Å². The highest BCUT2D eigenvalue weighted by Gasteiger charge is 2.35. The molecule has 4 aromatic rings. The van der Waals surface area contributed by atoms with E-state index in [2.05, 4.69) is 15.9 Å². The fraction of sp³-hybridized carbons (Fsp3) is 0.167. The predicted octanol–water partition coefficient (Wildman–Crippen LogP) is 4.72. The van der Waals surface area contributed by atoms with Crippen LogP contribution in [-0.4, -0.2) is 31.4 Å². The molecule has 7 nitrogen and oxygen atoms in total. The van der Waals surface area contributed by atoms with Crippen molar-refractivity contribution in [2.75, 3.05) is 20.8 Å². The Balaban J connectivity index is 1.84. The van der Waals surface area contributed by atoms with Crippen LogP contribution < -0.4 is 24.4 Å². The Labute approximate surface area is 237 Å². The maximum Gasteiger partial charge on any atom is 0.338 e. The van der Waals surface area contributed by atoms with Gasteiger partial charge in [0.25, 0.3) is 5.56 Å². The Hall–Kier alpha value is -3.95. The van der Waals surface area contributed by atoms with E-state index in [4.69, 9.17) is 19.2 Å². The van der Waals surface area contributed by atoms with E-state index in [0.29, 0.717) is 32.1 Å². The fourth-order valence-electron chi connectivity index (χ4n) is 4.49. The Morgan fingerprint density at radius 2 is 1.74 bits per heavy atom. The number of benzene rings is 3. The topological polar surface area (TPSA) is 79.1 Å². The van der Waals surface area contributed by atoms with Crippen LogP contribution in [0.4, 0.5) is 0 Å². The molecule has 1 aliphatic rings. The Bertz CT molecular complexity index is 1740. The van der Waals surface area contributed by atoms with Gasteiger partial charge in [-0.1, -0.05) is 75.8 Å². The molecule has 9 heteroatoms. The average molecular weight is 606 g/mol. The zero-order valence-corrected chi connectivity index (χ0v) is 23.9. The monoisotopic (exact) mass is 604 g/mol. The number of methoxy groups -OCH3 is 2. The Morgan fingerprint density at radius 3 is 2.41 bits per heavy atom. The molecule has 2 heterocycles. The highest BCUT2D eigenvalue weighted by molar-refractivity contribution is 9.10. The van der Waals surface area contributed by atoms with Crippen LogP contribution in [0.5, 0.6) is 11.5 Å². The first kappa shape index (κ1) is 26.6. The number of fused-ring (bicyclic) bond motifs is 1. The zero-order valence-electron chi connectivity index (χ0n) is 21.5. The van der Waals surface area contributed by atoms with E-state index in [0.717, 1.165) is 15.6 Å². The predicted molar refractivity (Wildman–Crippen MR) is 155 cm³/mol. The summed E-state index contributed by atoms with van der Waals surface area (Å²) in [4.78, 5) is 32.9. The summed E-state index contributed by atoms with van der Waals surface area (Å²) >= 11 is 4.73. The molecule has 0 N–H and O–H groups in total. The highest BCUT2D eigenvalue weighted by atomic mass is 79.9. The molecule has 1 atom stereocenters. The van der Waals surface area contributed by atoms with Crippen molar-refractivity contribution < 1.29 is 19.0 Å². The van der Waals surface area contributed by atoms with Gasteiger partial charge in [0.15, 0.2) is 16.3 Å². The molecule has 5 rings (SSSR count). The zero-order chi connectivity index (χ0) is 27.5. The molecular formula is C30H25BrN2O5S. The quantitative estimate of drug-likeness (QED) is 0.285. The SMILES string of the molecule is CCOC(=O)C1=C(c2ccccc2)N=c2s/c(=C\c3ccc(Br)cc3)c(=O)n2[C@H]1c1ccc(OC)c(OC)c1. The highest BCUT2D eigenvalue weighted by Crippen LogP contribution is 2.38. The van der Waals surface area contributed by atoms with Crippen molar-refractivity contribution in [3.8, 4) is 11.5 Å². The van der Waals surface area contributed by atoms with Crippen molar-refractivity contribution in [3.63, 3.8) is 0 Å². The van der Waals surface area contributed by atoms with E-state index in [-0.39, 0.29) is 17.7 Å². The van der Waals surface area contributed by atoms with Gasteiger partial charge < -0.3 is 14.2 Å². The number of carbonyl (C=O) groups excluding carboxylic acids is 1. The second-order valence-electron chi connectivity index (χ2n) is 8.60. The number of halogens is 1. The normalized spacial score (nSPS) is 15.0. The van der Waals surface area contributed by atoms with Crippen LogP contribution in [0.1, 0.15) is 29.7 Å². The molecule has 0 radical (unpaired) electrons. The molecule has 0 saturated carbocycles. The van der Waals surface area contributed by atoms with Crippen LogP contribution in [0.15, 0.2) is 92.6 Å². The molecular weight excluding hydrogens is 580 g/mol. The second-order valence-corrected chi connectivity index (χ2v) is 10.5. The number of nitrogens with zero attached hydrogens (tertiary/aromatic N) is 2. The molecule has 0 fully saturated rings. The van der Waals surface area contributed by atoms with Gasteiger partial charge in [-0.05, 0) is 48.4 Å². The van der Waals surface area contributed by atoms with Crippen LogP contribution in [0, 0.1) is 0 Å². The smallest absolute Gasteiger partial charge is 0.338 e. The molecule has 1 aromatic heterocycles. The molecule has 0 bridgehead atoms. The van der Waals surface area contributed by atoms with E-state index in [1.807, 2.05) is 66.7 Å². The lowest BCUT2D eigenvalue weighted by molar-refractivity contribution is -0.138. The third-order valence-corrected chi connectivity index (χ3v) is 7.78. The van der Waals surface area contributed by atoms with Gasteiger partial charge in [-0.25, -0.2) is 9.79 Å². The van der Waals surface area contributed by atoms with Gasteiger partial charge in [-0.2, -0.15) is 0 Å². The van der Waals surface area contributed by atoms with Crippen molar-refractivity contribution >= 4 is 45.0 Å². The molecule has 0 aliphatic carbocycles. The molecule has 0 saturated heterocycles. The van der Waals surface area contributed by atoms with E-state index in [1.54, 1.807) is 37.8 Å². The van der Waals surface area contributed by atoms with E-state index < -0.39 is 12.0 Å². The lowest BCUT2D eigenvalue weighted by atomic mass is 9.93. The fourth-order valence-corrected chi connectivity index (χ4v) is 5.75. The van der Waals surface area contributed by atoms with Gasteiger partial charge in [0.1, 0.15) is 0 Å². The first-order chi connectivity index (χ1) is 18.9. The Morgan fingerprint density at radius 1 is 1.03 bits per heavy atom. The first-order valence-electron chi connectivity index (χ1n) is 12.2. The van der Waals surface area contributed by atoms with Gasteiger partial charge in [0.2, 0.25) is 0 Å². The standard InChI is InChI=1S/C30H25BrN2O5S/c1-4-38-29(35)25-26(19-8-6-5-7-9-19)32-30-33(27(25)20-12-15-22(36-2)23(17-20)37-3)28(34)24(39-30)16-18-10-13-21(31)14-11-18/h5-17,27H,4H2,1-3H3/b24-16-/t27-/m0/s1. The lowest BCUT2D eigenvalue weighted by Crippen LogP contribution is -2.40. The average Bonchev–Trinajstić information content (AvgIpc) is 3.27. The van der Waals surface area contributed by atoms with Crippen LogP contribution in [-0.2, 0) is 9.53 Å². The molecule has 39 heavy (non-hydrogen) atoms. The summed E-state index contributed by atoms with van der Waals surface area (Å²) in [6.07, 6.45) is 1.83. The maximum absolute atomic E-state index is 14.0. The number of aromatic nitrogens is 1. The van der Waals surface area contributed by atoms with Crippen molar-refractivity contribution in [1.29, 1.82) is 0 Å². The maximum atomic E-state index is 14.0. The van der Waals surface area contributed by atoms with E-state index >= 15 is 0 Å². The summed E-state index contributed by atoms with van der Waals surface area (Å²) < 4.78 is 19.5. The number of hydrogen-bond acceptors (Lipinski definition) is 7. The van der Waals surface area contributed by atoms with Crippen LogP contribution in [0.2, 0.25) is 0 Å². The van der Waals surface area contributed by atoms with Gasteiger partial charge in [0.05, 0.1) is 42.7 Å². The summed E-state index contributed by atoms with van der Waals surface area (Å²) in [6.45, 7) is 1.93. The number of hydrogen-bond donors (Lipinski definition) is 0. The number of ether oxygens (including phenoxy) is 3. The van der Waals surface area contributed by atoms with Crippen LogP contribution in [0.3, 0.4) is 0 Å². The largest absolute Gasteiger partial charge is 0.493 e. The summed E-state index contributed by atoms with van der Waals surface area (Å²) in [5, 5.41) is 0. The van der Waals surface area contributed by atoms with E-state index in [9.17, 15) is 9.59 Å². The van der Waals surface area contributed by atoms with Gasteiger partial charge >= 0.3 is 5.97 Å². The minimum absolute atomic E-state index is 0.178. The molecule has 0 unspecified atom stereocenters. The number of esters is 1. The van der Waals surface area contributed by atoms with Crippen molar-refractivity contribution in [1.82, 2.24) is 4.57 Å². The first-order valence-corrected chi connectivity index (χ1v) is 13.8. The van der Waals surface area contributed by atoms with Gasteiger partial charge in [-0.15, -0.1) is 0 Å². The summed E-state index contributed by atoms with van der Waals surface area (Å²) in [7, 11) is 3.10. The van der Waals surface area contributed by atoms with Crippen molar-refractivity contribution in [3.05, 3.63) is 119 Å². The minimum Gasteiger partial charge on any atom is -0.493 e. The number of carbonyl (C=O) groups is 1. The Kier molecular flexibility index (Phi) is 7.81. The number of rotatable bonds is 7. The third kappa shape index (κ3) is 5.20. The van der Waals surface area contributed by atoms with Gasteiger partial charge in [0, 0.05) is 10.0 Å². The van der Waals surface area contributed by atoms with Crippen LogP contribution in [0.25, 0.3) is 11.8 Å². The van der Waals surface area contributed by atoms with E-state index in [1.165, 1.54) is 11.3 Å². The number of thiazole rings is 1. The summed E-state index contributed by atoms with van der Waals surface area (Å²) in [6, 6.07) is 21.7. The molecule has 198 valence electrons. The molecule has 3 aromatic carbocycles. The van der Waals surface area contributed by atoms with Crippen molar-refractivity contribution in [2.45, 2.75) is 13.0 Å². The lowest BCUT2D eigenvalue weighted by Gasteiger charge is -2.26.